The van der Waals surface area contributed by atoms with Crippen molar-refractivity contribution >= 4 is 6.03 Å². The highest BCUT2D eigenvalue weighted by atomic mass is 16.6. The predicted molar refractivity (Wildman–Crippen MR) is 43.7 cm³/mol. The van der Waals surface area contributed by atoms with Crippen LogP contribution in [0, 0.1) is 0 Å². The average Bonchev–Trinajstić information content (AvgIpc) is 2.57. The van der Waals surface area contributed by atoms with Gasteiger partial charge in [-0.2, -0.15) is 0 Å². The highest BCUT2D eigenvalue weighted by Crippen LogP contribution is 2.32. The van der Waals surface area contributed by atoms with E-state index in [2.05, 4.69) is 10.6 Å². The molecule has 6 nitrogen and oxygen atoms in total. The fourth-order valence-corrected chi connectivity index (χ4v) is 1.79. The maximum atomic E-state index is 11.0. The summed E-state index contributed by atoms with van der Waals surface area (Å²) in [5.74, 6) is 0. The molecule has 0 unspecified atom stereocenters. The fourth-order valence-electron chi connectivity index (χ4n) is 1.79. The number of fused-ring (bicyclic) bond motifs is 1. The molecule has 2 saturated heterocycles. The quantitative estimate of drug-likeness (QED) is 0.502. The summed E-state index contributed by atoms with van der Waals surface area (Å²) in [7, 11) is 1.54. The molecule has 0 saturated carbocycles. The molecule has 0 radical (unpaired) electrons. The van der Waals surface area contributed by atoms with Crippen LogP contribution in [0.3, 0.4) is 0 Å². The van der Waals surface area contributed by atoms with Crippen molar-refractivity contribution in [1.82, 2.24) is 10.6 Å². The molecule has 2 aliphatic heterocycles. The number of hydrogen-bond donors (Lipinski definition) is 3. The maximum Gasteiger partial charge on any atom is 0.319 e. The van der Waals surface area contributed by atoms with Gasteiger partial charge in [0.05, 0.1) is 6.10 Å². The van der Waals surface area contributed by atoms with E-state index in [0.717, 1.165) is 0 Å². The van der Waals surface area contributed by atoms with Crippen LogP contribution in [-0.2, 0) is 9.47 Å². The highest BCUT2D eigenvalue weighted by molar-refractivity contribution is 5.77. The van der Waals surface area contributed by atoms with E-state index in [1.165, 1.54) is 0 Å². The van der Waals surface area contributed by atoms with Gasteiger partial charge in [0.15, 0.2) is 12.0 Å². The van der Waals surface area contributed by atoms with Crippen LogP contribution in [0.5, 0.6) is 0 Å². The smallest absolute Gasteiger partial charge is 0.319 e. The molecular weight excluding hydrogens is 174 g/mol. The first-order valence-electron chi connectivity index (χ1n) is 4.19. The van der Waals surface area contributed by atoms with Gasteiger partial charge in [0.1, 0.15) is 0 Å². The summed E-state index contributed by atoms with van der Waals surface area (Å²) >= 11 is 0. The molecule has 0 aliphatic carbocycles. The van der Waals surface area contributed by atoms with Gasteiger partial charge in [-0.3, -0.25) is 0 Å². The summed E-state index contributed by atoms with van der Waals surface area (Å²) in [6.07, 6.45) is 0.111. The molecule has 4 N–H and O–H groups in total. The summed E-state index contributed by atoms with van der Waals surface area (Å²) in [6.45, 7) is 0.430. The Kier molecular flexibility index (Phi) is 1.90. The Labute approximate surface area is 75.7 Å². The number of carbonyl (C=O) groups is 1. The van der Waals surface area contributed by atoms with E-state index in [-0.39, 0.29) is 12.1 Å². The van der Waals surface area contributed by atoms with E-state index in [1.807, 2.05) is 0 Å². The summed E-state index contributed by atoms with van der Waals surface area (Å²) in [5, 5.41) is 5.31. The molecule has 74 valence electrons. The number of rotatable bonds is 2. The van der Waals surface area contributed by atoms with Crippen molar-refractivity contribution < 1.29 is 14.3 Å². The summed E-state index contributed by atoms with van der Waals surface area (Å²) in [5.41, 5.74) is 4.74. The molecule has 0 bridgehead atoms. The van der Waals surface area contributed by atoms with Crippen molar-refractivity contribution in [3.05, 3.63) is 0 Å². The van der Waals surface area contributed by atoms with Crippen LogP contribution in [0.25, 0.3) is 0 Å². The van der Waals surface area contributed by atoms with Crippen LogP contribution < -0.4 is 16.4 Å². The molecule has 3 atom stereocenters. The van der Waals surface area contributed by atoms with Crippen LogP contribution in [0.4, 0.5) is 4.79 Å². The third-order valence-corrected chi connectivity index (χ3v) is 2.50. The number of nitrogens with one attached hydrogen (secondary N) is 2. The van der Waals surface area contributed by atoms with Crippen molar-refractivity contribution in [3.8, 4) is 0 Å². The molecule has 2 fully saturated rings. The van der Waals surface area contributed by atoms with Gasteiger partial charge in [0.2, 0.25) is 0 Å². The second-order valence-electron chi connectivity index (χ2n) is 3.27. The van der Waals surface area contributed by atoms with Gasteiger partial charge in [-0.25, -0.2) is 4.79 Å². The number of ether oxygens (including phenoxy) is 2. The lowest BCUT2D eigenvalue weighted by Gasteiger charge is -2.23. The minimum absolute atomic E-state index is 0.0574. The summed E-state index contributed by atoms with van der Waals surface area (Å²) < 4.78 is 10.7. The van der Waals surface area contributed by atoms with Crippen molar-refractivity contribution in [1.29, 1.82) is 0 Å². The Morgan fingerprint density at radius 1 is 1.85 bits per heavy atom. The largest absolute Gasteiger partial charge is 0.354 e. The lowest BCUT2D eigenvalue weighted by Crippen LogP contribution is -2.47. The lowest BCUT2D eigenvalue weighted by atomic mass is 10.1. The van der Waals surface area contributed by atoms with Crippen LogP contribution in [-0.4, -0.2) is 37.7 Å². The first-order valence-corrected chi connectivity index (χ1v) is 4.19. The molecular formula is C7H13N3O3. The van der Waals surface area contributed by atoms with Crippen LogP contribution in [0.2, 0.25) is 0 Å². The minimum atomic E-state index is -0.721. The number of hydrogen-bond acceptors (Lipinski definition) is 4. The Hall–Kier alpha value is -0.850. The van der Waals surface area contributed by atoms with Crippen molar-refractivity contribution in [3.63, 3.8) is 0 Å². The zero-order valence-electron chi connectivity index (χ0n) is 7.37. The van der Waals surface area contributed by atoms with Gasteiger partial charge in [-0.15, -0.1) is 0 Å². The van der Waals surface area contributed by atoms with Gasteiger partial charge in [-0.1, -0.05) is 0 Å². The SMILES string of the molecule is CO[C@@]12C[C@@H](CN)O[C@@H]1NC(=O)N2. The number of urea groups is 1. The molecule has 0 spiro atoms. The molecule has 13 heavy (non-hydrogen) atoms. The van der Waals surface area contributed by atoms with Crippen molar-refractivity contribution in [2.24, 2.45) is 5.73 Å². The Bertz CT molecular complexity index is 235. The highest BCUT2D eigenvalue weighted by Gasteiger charge is 2.55. The minimum Gasteiger partial charge on any atom is -0.354 e. The van der Waals surface area contributed by atoms with Crippen molar-refractivity contribution in [2.75, 3.05) is 13.7 Å². The van der Waals surface area contributed by atoms with Gasteiger partial charge in [0.25, 0.3) is 0 Å². The topological polar surface area (TPSA) is 85.6 Å². The first-order chi connectivity index (χ1) is 6.20. The second kappa shape index (κ2) is 2.83. The number of nitrogens with two attached hydrogens (primary N) is 1. The van der Waals surface area contributed by atoms with E-state index in [9.17, 15) is 4.79 Å². The van der Waals surface area contributed by atoms with Crippen molar-refractivity contribution in [2.45, 2.75) is 24.5 Å². The molecule has 6 heteroatoms. The molecule has 2 amide bonds. The van der Waals surface area contributed by atoms with E-state index in [1.54, 1.807) is 7.11 Å². The molecule has 2 heterocycles. The second-order valence-corrected chi connectivity index (χ2v) is 3.27. The van der Waals surface area contributed by atoms with Gasteiger partial charge < -0.3 is 25.8 Å². The van der Waals surface area contributed by atoms with Crippen LogP contribution in [0.15, 0.2) is 0 Å². The summed E-state index contributed by atoms with van der Waals surface area (Å²) in [4.78, 5) is 11.0. The third kappa shape index (κ3) is 1.18. The van der Waals surface area contributed by atoms with Crippen LogP contribution >= 0.6 is 0 Å². The Balaban J connectivity index is 2.15. The van der Waals surface area contributed by atoms with E-state index in [0.29, 0.717) is 13.0 Å². The number of amides is 2. The third-order valence-electron chi connectivity index (χ3n) is 2.50. The Morgan fingerprint density at radius 2 is 2.62 bits per heavy atom. The molecule has 0 aromatic heterocycles. The zero-order chi connectivity index (χ0) is 9.47. The molecule has 0 aromatic rings. The first kappa shape index (κ1) is 8.74. The summed E-state index contributed by atoms with van der Waals surface area (Å²) in [6, 6.07) is -0.262. The standard InChI is InChI=1S/C7H13N3O3/c1-12-7-2-4(3-8)13-5(7)9-6(11)10-7/h4-5H,2-3,8H2,1H3,(H2,9,10,11)/t4-,5-,7-/m0/s1. The zero-order valence-corrected chi connectivity index (χ0v) is 7.37. The van der Waals surface area contributed by atoms with E-state index >= 15 is 0 Å². The number of carbonyl (C=O) groups excluding carboxylic acids is 1. The van der Waals surface area contributed by atoms with Gasteiger partial charge in [0, 0.05) is 20.1 Å². The average molecular weight is 187 g/mol. The molecule has 2 aliphatic rings. The Morgan fingerprint density at radius 3 is 3.15 bits per heavy atom. The predicted octanol–water partition coefficient (Wildman–Crippen LogP) is -1.28. The molecule has 2 rings (SSSR count). The number of methoxy groups -OCH3 is 1. The lowest BCUT2D eigenvalue weighted by molar-refractivity contribution is -0.0720. The van der Waals surface area contributed by atoms with Gasteiger partial charge >= 0.3 is 6.03 Å². The maximum absolute atomic E-state index is 11.0. The monoisotopic (exact) mass is 187 g/mol. The van der Waals surface area contributed by atoms with Gasteiger partial charge in [-0.05, 0) is 0 Å². The fraction of sp³-hybridized carbons (Fsp3) is 0.857. The normalized spacial score (nSPS) is 42.8. The molecule has 0 aromatic carbocycles. The van der Waals surface area contributed by atoms with E-state index in [4.69, 9.17) is 15.2 Å². The van der Waals surface area contributed by atoms with Crippen LogP contribution in [0.1, 0.15) is 6.42 Å². The van der Waals surface area contributed by atoms with E-state index < -0.39 is 12.0 Å².